The minimum Gasteiger partial charge on any atom is -0.360 e. The SMILES string of the molecule is C(C#Cc1cc(C#CCCOC(c2ccccc2)(c2ccccc2)c2ccccc2)cc(CCOC(c2ccccc2)(c2ccccc2)c2ccccc2)c1)#CCCOC(c1ccccc1)(c1ccccc1)c1ccccc1. The van der Waals surface area contributed by atoms with Crippen LogP contribution in [0.15, 0.2) is 291 Å². The maximum absolute atomic E-state index is 7.25. The Morgan fingerprint density at radius 2 is 0.513 bits per heavy atom. The summed E-state index contributed by atoms with van der Waals surface area (Å²) in [6.45, 7) is 1.22. The summed E-state index contributed by atoms with van der Waals surface area (Å²) in [4.78, 5) is 0. The fraction of sp³-hybridized carbons (Fsp3) is 0.120. The molecule has 0 N–H and O–H groups in total. The van der Waals surface area contributed by atoms with Gasteiger partial charge in [-0.3, -0.25) is 0 Å². The lowest BCUT2D eigenvalue weighted by molar-refractivity contribution is 0.0147. The monoisotopic (exact) mass is 1010 g/mol. The van der Waals surface area contributed by atoms with E-state index in [9.17, 15) is 0 Å². The van der Waals surface area contributed by atoms with E-state index in [1.807, 2.05) is 60.7 Å². The van der Waals surface area contributed by atoms with Crippen LogP contribution in [-0.4, -0.2) is 19.8 Å². The van der Waals surface area contributed by atoms with Crippen LogP contribution >= 0.6 is 0 Å². The highest BCUT2D eigenvalue weighted by molar-refractivity contribution is 5.52. The van der Waals surface area contributed by atoms with E-state index in [1.165, 1.54) is 0 Å². The molecule has 0 aliphatic heterocycles. The van der Waals surface area contributed by atoms with Gasteiger partial charge in [0.15, 0.2) is 0 Å². The van der Waals surface area contributed by atoms with Crippen molar-refractivity contribution in [2.24, 2.45) is 0 Å². The van der Waals surface area contributed by atoms with E-state index in [4.69, 9.17) is 14.2 Å². The third-order valence-corrected chi connectivity index (χ3v) is 14.0. The summed E-state index contributed by atoms with van der Waals surface area (Å²) in [5.74, 6) is 19.9. The molecular formula is C75H60O3. The molecule has 10 aromatic rings. The zero-order chi connectivity index (χ0) is 53.0. The Labute approximate surface area is 461 Å². The first-order valence-electron chi connectivity index (χ1n) is 26.7. The molecule has 0 spiro atoms. The van der Waals surface area contributed by atoms with Crippen LogP contribution in [-0.2, 0) is 37.4 Å². The van der Waals surface area contributed by atoms with Gasteiger partial charge < -0.3 is 14.2 Å². The van der Waals surface area contributed by atoms with Crippen molar-refractivity contribution >= 4 is 0 Å². The van der Waals surface area contributed by atoms with Crippen molar-refractivity contribution in [3.8, 4) is 35.5 Å². The molecular weight excluding hydrogens is 949 g/mol. The largest absolute Gasteiger partial charge is 0.360 e. The molecule has 0 radical (unpaired) electrons. The van der Waals surface area contributed by atoms with Gasteiger partial charge in [0.2, 0.25) is 0 Å². The van der Waals surface area contributed by atoms with Gasteiger partial charge in [-0.1, -0.05) is 297 Å². The van der Waals surface area contributed by atoms with Gasteiger partial charge in [-0.25, -0.2) is 0 Å². The first-order valence-corrected chi connectivity index (χ1v) is 26.7. The molecule has 0 saturated heterocycles. The summed E-state index contributed by atoms with van der Waals surface area (Å²) >= 11 is 0. The van der Waals surface area contributed by atoms with Crippen LogP contribution in [0.25, 0.3) is 0 Å². The van der Waals surface area contributed by atoms with Gasteiger partial charge in [0.05, 0.1) is 19.8 Å². The highest BCUT2D eigenvalue weighted by atomic mass is 16.5. The van der Waals surface area contributed by atoms with Crippen LogP contribution in [0.1, 0.15) is 79.6 Å². The summed E-state index contributed by atoms with van der Waals surface area (Å²) in [7, 11) is 0. The summed E-state index contributed by atoms with van der Waals surface area (Å²) in [6.07, 6.45) is 1.61. The third-order valence-electron chi connectivity index (χ3n) is 14.0. The van der Waals surface area contributed by atoms with Crippen molar-refractivity contribution < 1.29 is 14.2 Å². The molecule has 0 amide bonds. The normalized spacial score (nSPS) is 11.2. The molecule has 10 aromatic carbocycles. The Bertz CT molecular complexity index is 3340. The van der Waals surface area contributed by atoms with Crippen molar-refractivity contribution in [2.75, 3.05) is 19.8 Å². The first-order chi connectivity index (χ1) is 38.7. The van der Waals surface area contributed by atoms with Gasteiger partial charge in [0.1, 0.15) is 16.8 Å². The van der Waals surface area contributed by atoms with Gasteiger partial charge in [-0.2, -0.15) is 0 Å². The van der Waals surface area contributed by atoms with E-state index in [1.54, 1.807) is 0 Å². The minimum atomic E-state index is -0.847. The molecule has 3 nitrogen and oxygen atoms in total. The predicted octanol–water partition coefficient (Wildman–Crippen LogP) is 15.7. The standard InChI is InChI=1S/C75H60O3/c1(2-32-55-76-73(64-36-13-3-14-37-64,65-38-15-4-16-39-65)66-40-17-5-18-41-66)12-34-61-58-62(35-31-33-56-77-74(67-42-19-6-20-43-67,68-44-21-7-22-45-68)69-46-23-8-24-47-69)60-63(59-61)54-57-78-75(70-48-25-9-26-49-70,71-50-27-10-28-51-71)72-52-29-11-30-53-72/h3-11,13-30,36-53,58-60H,32-33,54-57H2. The molecule has 378 valence electrons. The molecule has 0 bridgehead atoms. The number of rotatable bonds is 19. The molecule has 0 saturated carbocycles. The van der Waals surface area contributed by atoms with E-state index in [-0.39, 0.29) is 0 Å². The van der Waals surface area contributed by atoms with Gasteiger partial charge in [-0.15, -0.1) is 0 Å². The molecule has 0 aliphatic carbocycles. The summed E-state index contributed by atoms with van der Waals surface area (Å²) in [5, 5.41) is 0. The van der Waals surface area contributed by atoms with Gasteiger partial charge >= 0.3 is 0 Å². The summed E-state index contributed by atoms with van der Waals surface area (Å²) < 4.78 is 21.3. The minimum absolute atomic E-state index is 0.395. The van der Waals surface area contributed by atoms with Crippen molar-refractivity contribution in [2.45, 2.75) is 36.1 Å². The maximum Gasteiger partial charge on any atom is 0.143 e. The zero-order valence-corrected chi connectivity index (χ0v) is 43.7. The molecule has 10 rings (SSSR count). The van der Waals surface area contributed by atoms with Crippen LogP contribution < -0.4 is 0 Å². The zero-order valence-electron chi connectivity index (χ0n) is 43.7. The second-order valence-electron chi connectivity index (χ2n) is 18.9. The molecule has 0 atom stereocenters. The summed E-state index contributed by atoms with van der Waals surface area (Å²) in [5.41, 5.74) is 9.75. The Morgan fingerprint density at radius 1 is 0.256 bits per heavy atom. The van der Waals surface area contributed by atoms with Gasteiger partial charge in [0, 0.05) is 24.0 Å². The average molecular weight is 1010 g/mol. The molecule has 0 unspecified atom stereocenters. The first kappa shape index (κ1) is 52.2. The van der Waals surface area contributed by atoms with E-state index in [2.05, 4.69) is 266 Å². The smallest absolute Gasteiger partial charge is 0.143 e. The molecule has 0 aliphatic rings. The molecule has 0 fully saturated rings. The quantitative estimate of drug-likeness (QED) is 0.0459. The molecule has 0 aromatic heterocycles. The Kier molecular flexibility index (Phi) is 17.4. The van der Waals surface area contributed by atoms with Crippen molar-refractivity contribution in [1.82, 2.24) is 0 Å². The Balaban J connectivity index is 0.929. The highest BCUT2D eigenvalue weighted by Gasteiger charge is 2.39. The third kappa shape index (κ3) is 11.9. The number of hydrogen-bond acceptors (Lipinski definition) is 3. The van der Waals surface area contributed by atoms with Crippen LogP contribution in [0.4, 0.5) is 0 Å². The molecule has 78 heavy (non-hydrogen) atoms. The second-order valence-corrected chi connectivity index (χ2v) is 18.9. The Morgan fingerprint density at radius 3 is 0.808 bits per heavy atom. The Hall–Kier alpha value is -9.24. The topological polar surface area (TPSA) is 27.7 Å². The predicted molar refractivity (Wildman–Crippen MR) is 316 cm³/mol. The summed E-state index contributed by atoms with van der Waals surface area (Å²) in [6, 6.07) is 100. The second kappa shape index (κ2) is 26.0. The fourth-order valence-electron chi connectivity index (χ4n) is 10.5. The van der Waals surface area contributed by atoms with Gasteiger partial charge in [0.25, 0.3) is 0 Å². The van der Waals surface area contributed by atoms with E-state index in [0.717, 1.165) is 66.8 Å². The van der Waals surface area contributed by atoms with Crippen molar-refractivity contribution in [3.63, 3.8) is 0 Å². The van der Waals surface area contributed by atoms with Crippen LogP contribution in [0.5, 0.6) is 0 Å². The lowest BCUT2D eigenvalue weighted by Gasteiger charge is -2.36. The maximum atomic E-state index is 7.25. The number of ether oxygens (including phenoxy) is 3. The lowest BCUT2D eigenvalue weighted by atomic mass is 9.80. The fourth-order valence-corrected chi connectivity index (χ4v) is 10.5. The average Bonchev–Trinajstić information content (AvgIpc) is 3.56. The van der Waals surface area contributed by atoms with Crippen molar-refractivity contribution in [3.05, 3.63) is 358 Å². The van der Waals surface area contributed by atoms with Gasteiger partial charge in [-0.05, 0) is 92.1 Å². The lowest BCUT2D eigenvalue weighted by Crippen LogP contribution is -2.33. The number of hydrogen-bond donors (Lipinski definition) is 0. The van der Waals surface area contributed by atoms with Crippen LogP contribution in [0.3, 0.4) is 0 Å². The van der Waals surface area contributed by atoms with E-state index in [0.29, 0.717) is 39.1 Å². The molecule has 3 heteroatoms. The van der Waals surface area contributed by atoms with Crippen LogP contribution in [0.2, 0.25) is 0 Å². The number of benzene rings is 10. The molecule has 0 heterocycles. The van der Waals surface area contributed by atoms with E-state index < -0.39 is 16.8 Å². The highest BCUT2D eigenvalue weighted by Crippen LogP contribution is 2.43. The van der Waals surface area contributed by atoms with Crippen molar-refractivity contribution in [1.29, 1.82) is 0 Å². The van der Waals surface area contributed by atoms with Crippen LogP contribution in [0, 0.1) is 35.5 Å². The van der Waals surface area contributed by atoms with E-state index >= 15 is 0 Å².